The molecule has 0 unspecified atom stereocenters. The van der Waals surface area contributed by atoms with E-state index in [2.05, 4.69) is 21.2 Å². The van der Waals surface area contributed by atoms with Crippen LogP contribution >= 0.6 is 15.9 Å². The van der Waals surface area contributed by atoms with Crippen molar-refractivity contribution in [2.75, 3.05) is 5.32 Å². The SMILES string of the molecule is O=C(Nc1cc(F)ccc1Br)C1CCC(F)(F)CC1. The third-order valence-corrected chi connectivity index (χ3v) is 3.97. The minimum absolute atomic E-state index is 0.159. The molecule has 0 spiro atoms. The van der Waals surface area contributed by atoms with Crippen LogP contribution in [0.5, 0.6) is 0 Å². The van der Waals surface area contributed by atoms with E-state index in [1.807, 2.05) is 0 Å². The highest BCUT2D eigenvalue weighted by atomic mass is 79.9. The van der Waals surface area contributed by atoms with Crippen LogP contribution in [0.15, 0.2) is 22.7 Å². The lowest BCUT2D eigenvalue weighted by Gasteiger charge is -2.27. The largest absolute Gasteiger partial charge is 0.325 e. The highest BCUT2D eigenvalue weighted by Gasteiger charge is 2.37. The summed E-state index contributed by atoms with van der Waals surface area (Å²) in [7, 11) is 0. The van der Waals surface area contributed by atoms with Crippen LogP contribution in [0.3, 0.4) is 0 Å². The molecule has 1 aromatic carbocycles. The van der Waals surface area contributed by atoms with Crippen LogP contribution in [-0.4, -0.2) is 11.8 Å². The first-order chi connectivity index (χ1) is 8.87. The number of halogens is 4. The molecule has 0 bridgehead atoms. The van der Waals surface area contributed by atoms with Gasteiger partial charge in [0.15, 0.2) is 0 Å². The van der Waals surface area contributed by atoms with Crippen molar-refractivity contribution in [3.05, 3.63) is 28.5 Å². The van der Waals surface area contributed by atoms with Gasteiger partial charge in [-0.3, -0.25) is 4.79 Å². The highest BCUT2D eigenvalue weighted by molar-refractivity contribution is 9.10. The number of carbonyl (C=O) groups is 1. The second kappa shape index (κ2) is 5.53. The Morgan fingerprint density at radius 3 is 2.58 bits per heavy atom. The maximum absolute atomic E-state index is 13.1. The maximum atomic E-state index is 13.1. The van der Waals surface area contributed by atoms with E-state index in [4.69, 9.17) is 0 Å². The second-order valence-electron chi connectivity index (χ2n) is 4.74. The Morgan fingerprint density at radius 1 is 1.32 bits per heavy atom. The van der Waals surface area contributed by atoms with E-state index in [9.17, 15) is 18.0 Å². The molecule has 0 radical (unpaired) electrons. The molecule has 1 aromatic rings. The van der Waals surface area contributed by atoms with Gasteiger partial charge in [0, 0.05) is 23.2 Å². The number of nitrogens with one attached hydrogen (secondary N) is 1. The molecule has 0 heterocycles. The Hall–Kier alpha value is -1.04. The lowest BCUT2D eigenvalue weighted by molar-refractivity contribution is -0.124. The monoisotopic (exact) mass is 335 g/mol. The van der Waals surface area contributed by atoms with Gasteiger partial charge in [0.05, 0.1) is 5.69 Å². The Bertz CT molecular complexity index is 483. The van der Waals surface area contributed by atoms with Gasteiger partial charge in [-0.25, -0.2) is 13.2 Å². The highest BCUT2D eigenvalue weighted by Crippen LogP contribution is 2.36. The van der Waals surface area contributed by atoms with Crippen LogP contribution in [0, 0.1) is 11.7 Å². The zero-order valence-electron chi connectivity index (χ0n) is 10.1. The lowest BCUT2D eigenvalue weighted by Crippen LogP contribution is -2.31. The van der Waals surface area contributed by atoms with Gasteiger partial charge in [0.25, 0.3) is 0 Å². The van der Waals surface area contributed by atoms with Crippen molar-refractivity contribution in [2.45, 2.75) is 31.6 Å². The third kappa shape index (κ3) is 3.72. The molecule has 1 amide bonds. The fraction of sp³-hybridized carbons (Fsp3) is 0.462. The minimum atomic E-state index is -2.66. The normalized spacial score (nSPS) is 19.2. The van der Waals surface area contributed by atoms with E-state index in [-0.39, 0.29) is 31.6 Å². The number of hydrogen-bond acceptors (Lipinski definition) is 1. The van der Waals surface area contributed by atoms with Crippen LogP contribution in [0.2, 0.25) is 0 Å². The first kappa shape index (κ1) is 14.4. The van der Waals surface area contributed by atoms with Gasteiger partial charge in [-0.05, 0) is 47.0 Å². The average Bonchev–Trinajstić information content (AvgIpc) is 2.33. The van der Waals surface area contributed by atoms with Crippen molar-refractivity contribution < 1.29 is 18.0 Å². The summed E-state index contributed by atoms with van der Waals surface area (Å²) in [5.74, 6) is -3.89. The molecule has 1 N–H and O–H groups in total. The summed E-state index contributed by atoms with van der Waals surface area (Å²) in [5.41, 5.74) is 0.322. The van der Waals surface area contributed by atoms with Crippen molar-refractivity contribution in [3.8, 4) is 0 Å². The second-order valence-corrected chi connectivity index (χ2v) is 5.60. The van der Waals surface area contributed by atoms with Crippen LogP contribution in [0.25, 0.3) is 0 Å². The van der Waals surface area contributed by atoms with Crippen molar-refractivity contribution in [2.24, 2.45) is 5.92 Å². The Morgan fingerprint density at radius 2 is 1.95 bits per heavy atom. The number of anilines is 1. The maximum Gasteiger partial charge on any atom is 0.248 e. The average molecular weight is 336 g/mol. The third-order valence-electron chi connectivity index (χ3n) is 3.27. The van der Waals surface area contributed by atoms with Crippen LogP contribution in [0.4, 0.5) is 18.9 Å². The van der Waals surface area contributed by atoms with E-state index in [0.717, 1.165) is 0 Å². The van der Waals surface area contributed by atoms with Crippen molar-refractivity contribution in [1.82, 2.24) is 0 Å². The van der Waals surface area contributed by atoms with Crippen molar-refractivity contribution in [3.63, 3.8) is 0 Å². The van der Waals surface area contributed by atoms with E-state index in [1.165, 1.54) is 18.2 Å². The fourth-order valence-corrected chi connectivity index (χ4v) is 2.48. The number of hydrogen-bond donors (Lipinski definition) is 1. The van der Waals surface area contributed by atoms with Crippen LogP contribution in [-0.2, 0) is 4.79 Å². The van der Waals surface area contributed by atoms with Gasteiger partial charge in [-0.2, -0.15) is 0 Å². The van der Waals surface area contributed by atoms with E-state index in [0.29, 0.717) is 10.2 Å². The molecule has 6 heteroatoms. The molecule has 1 aliphatic rings. The number of alkyl halides is 2. The lowest BCUT2D eigenvalue weighted by atomic mass is 9.86. The van der Waals surface area contributed by atoms with E-state index >= 15 is 0 Å². The zero-order chi connectivity index (χ0) is 14.0. The fourth-order valence-electron chi connectivity index (χ4n) is 2.13. The predicted octanol–water partition coefficient (Wildman–Crippen LogP) is 4.35. The van der Waals surface area contributed by atoms with Crippen molar-refractivity contribution >= 4 is 27.5 Å². The molecular formula is C13H13BrF3NO. The molecule has 2 rings (SSSR count). The Kier molecular flexibility index (Phi) is 4.18. The van der Waals surface area contributed by atoms with E-state index in [1.54, 1.807) is 0 Å². The summed E-state index contributed by atoms with van der Waals surface area (Å²) in [6, 6.07) is 3.94. The molecule has 0 atom stereocenters. The van der Waals surface area contributed by atoms with Gasteiger partial charge < -0.3 is 5.32 Å². The number of benzene rings is 1. The zero-order valence-corrected chi connectivity index (χ0v) is 11.6. The number of amides is 1. The summed E-state index contributed by atoms with van der Waals surface area (Å²) < 4.78 is 39.6. The topological polar surface area (TPSA) is 29.1 Å². The summed E-state index contributed by atoms with van der Waals surface area (Å²) in [6.07, 6.45) is -0.220. The number of rotatable bonds is 2. The first-order valence-electron chi connectivity index (χ1n) is 6.01. The van der Waals surface area contributed by atoms with Gasteiger partial charge in [0.1, 0.15) is 5.82 Å². The van der Waals surface area contributed by atoms with Gasteiger partial charge >= 0.3 is 0 Å². The molecule has 0 saturated heterocycles. The molecule has 104 valence electrons. The Balaban J connectivity index is 2.00. The molecule has 2 nitrogen and oxygen atoms in total. The molecular weight excluding hydrogens is 323 g/mol. The van der Waals surface area contributed by atoms with Gasteiger partial charge in [0.2, 0.25) is 11.8 Å². The van der Waals surface area contributed by atoms with Crippen LogP contribution in [0.1, 0.15) is 25.7 Å². The molecule has 1 saturated carbocycles. The predicted molar refractivity (Wildman–Crippen MR) is 69.6 cm³/mol. The van der Waals surface area contributed by atoms with Gasteiger partial charge in [-0.1, -0.05) is 0 Å². The minimum Gasteiger partial charge on any atom is -0.325 e. The molecule has 1 fully saturated rings. The summed E-state index contributed by atoms with van der Waals surface area (Å²) >= 11 is 3.20. The van der Waals surface area contributed by atoms with Gasteiger partial charge in [-0.15, -0.1) is 0 Å². The summed E-state index contributed by atoms with van der Waals surface area (Å²) in [4.78, 5) is 11.9. The quantitative estimate of drug-likeness (QED) is 0.855. The van der Waals surface area contributed by atoms with Crippen LogP contribution < -0.4 is 5.32 Å². The summed E-state index contributed by atoms with van der Waals surface area (Å²) in [5, 5.41) is 2.58. The Labute approximate surface area is 117 Å². The first-order valence-corrected chi connectivity index (χ1v) is 6.80. The number of carbonyl (C=O) groups excluding carboxylic acids is 1. The standard InChI is InChI=1S/C13H13BrF3NO/c14-10-2-1-9(15)7-11(10)18-12(19)8-3-5-13(16,17)6-4-8/h1-2,7-8H,3-6H2,(H,18,19). The summed E-state index contributed by atoms with van der Waals surface area (Å²) in [6.45, 7) is 0. The van der Waals surface area contributed by atoms with Crippen molar-refractivity contribution in [1.29, 1.82) is 0 Å². The molecule has 0 aliphatic heterocycles. The smallest absolute Gasteiger partial charge is 0.248 e. The molecule has 1 aliphatic carbocycles. The molecule has 19 heavy (non-hydrogen) atoms. The van der Waals surface area contributed by atoms with E-state index < -0.39 is 17.7 Å². The molecule has 0 aromatic heterocycles.